The highest BCUT2D eigenvalue weighted by Crippen LogP contribution is 2.15. The number of benzene rings is 1. The molecule has 2 amide bonds. The zero-order valence-corrected chi connectivity index (χ0v) is 16.0. The Morgan fingerprint density at radius 3 is 2.71 bits per heavy atom. The molecule has 0 saturated heterocycles. The van der Waals surface area contributed by atoms with Gasteiger partial charge in [-0.25, -0.2) is 4.98 Å². The number of fused-ring (bicyclic) bond motifs is 1. The van der Waals surface area contributed by atoms with E-state index in [9.17, 15) is 9.59 Å². The number of nitrogens with one attached hydrogen (secondary N) is 2. The van der Waals surface area contributed by atoms with Crippen LogP contribution in [0.15, 0.2) is 54.9 Å². The van der Waals surface area contributed by atoms with Gasteiger partial charge in [-0.15, -0.1) is 0 Å². The highest BCUT2D eigenvalue weighted by molar-refractivity contribution is 5.94. The Kier molecular flexibility index (Phi) is 6.26. The predicted octanol–water partition coefficient (Wildman–Crippen LogP) is 2.42. The summed E-state index contributed by atoms with van der Waals surface area (Å²) < 4.78 is 7.71. The normalized spacial score (nSPS) is 10.8. The Morgan fingerprint density at radius 1 is 1.11 bits per heavy atom. The van der Waals surface area contributed by atoms with Crippen molar-refractivity contribution in [1.82, 2.24) is 20.0 Å². The van der Waals surface area contributed by atoms with Crippen LogP contribution in [0.4, 0.5) is 0 Å². The van der Waals surface area contributed by atoms with Gasteiger partial charge in [0.15, 0.2) is 0 Å². The number of carbonyl (C=O) groups is 2. The lowest BCUT2D eigenvalue weighted by Crippen LogP contribution is -2.36. The van der Waals surface area contributed by atoms with Crippen LogP contribution >= 0.6 is 0 Å². The highest BCUT2D eigenvalue weighted by atomic mass is 16.5. The molecule has 0 saturated carbocycles. The van der Waals surface area contributed by atoms with Gasteiger partial charge in [0.2, 0.25) is 5.91 Å². The number of carbonyl (C=O) groups excluding carboxylic acids is 2. The maximum absolute atomic E-state index is 12.3. The molecule has 7 nitrogen and oxygen atoms in total. The largest absolute Gasteiger partial charge is 0.487 e. The first-order valence-corrected chi connectivity index (χ1v) is 9.24. The van der Waals surface area contributed by atoms with Crippen LogP contribution in [-0.2, 0) is 11.4 Å². The zero-order valence-electron chi connectivity index (χ0n) is 16.0. The van der Waals surface area contributed by atoms with E-state index in [0.29, 0.717) is 31.0 Å². The first kappa shape index (κ1) is 19.4. The van der Waals surface area contributed by atoms with Gasteiger partial charge in [0.25, 0.3) is 5.91 Å². The molecule has 0 fully saturated rings. The zero-order chi connectivity index (χ0) is 19.9. The van der Waals surface area contributed by atoms with Gasteiger partial charge in [-0.3, -0.25) is 9.59 Å². The SMILES string of the molecule is CC(C)C(=O)NCCNC(=O)c1cccc(OCc2cn3ccccc3n2)c1. The standard InChI is InChI=1S/C21H24N4O3/c1-15(2)20(26)22-9-10-23-21(27)16-6-5-7-18(12-16)28-14-17-13-25-11-4-3-8-19(25)24-17/h3-8,11-13,15H,9-10,14H2,1-2H3,(H,22,26)(H,23,27). The summed E-state index contributed by atoms with van der Waals surface area (Å²) in [6, 6.07) is 12.8. The lowest BCUT2D eigenvalue weighted by molar-refractivity contribution is -0.123. The molecule has 28 heavy (non-hydrogen) atoms. The molecule has 1 aromatic carbocycles. The minimum Gasteiger partial charge on any atom is -0.487 e. The molecule has 0 aliphatic heterocycles. The molecule has 0 unspecified atom stereocenters. The maximum atomic E-state index is 12.3. The summed E-state index contributed by atoms with van der Waals surface area (Å²) in [6.45, 7) is 4.72. The van der Waals surface area contributed by atoms with Gasteiger partial charge in [-0.2, -0.15) is 0 Å². The molecule has 3 aromatic rings. The third-order valence-corrected chi connectivity index (χ3v) is 4.13. The van der Waals surface area contributed by atoms with E-state index >= 15 is 0 Å². The van der Waals surface area contributed by atoms with Gasteiger partial charge in [0, 0.05) is 37.0 Å². The fourth-order valence-corrected chi connectivity index (χ4v) is 2.61. The molecule has 0 spiro atoms. The van der Waals surface area contributed by atoms with Crippen LogP contribution in [0.1, 0.15) is 29.9 Å². The number of ether oxygens (including phenoxy) is 1. The number of pyridine rings is 1. The molecule has 7 heteroatoms. The van der Waals surface area contributed by atoms with E-state index in [0.717, 1.165) is 11.3 Å². The molecule has 0 aliphatic carbocycles. The topological polar surface area (TPSA) is 84.7 Å². The lowest BCUT2D eigenvalue weighted by atomic mass is 10.2. The Hall–Kier alpha value is -3.35. The van der Waals surface area contributed by atoms with Crippen LogP contribution in [0.5, 0.6) is 5.75 Å². The van der Waals surface area contributed by atoms with Crippen LogP contribution in [0.3, 0.4) is 0 Å². The molecular weight excluding hydrogens is 356 g/mol. The second-order valence-electron chi connectivity index (χ2n) is 6.72. The summed E-state index contributed by atoms with van der Waals surface area (Å²) in [4.78, 5) is 28.3. The van der Waals surface area contributed by atoms with Crippen molar-refractivity contribution in [2.75, 3.05) is 13.1 Å². The summed E-state index contributed by atoms with van der Waals surface area (Å²) in [6.07, 6.45) is 3.84. The van der Waals surface area contributed by atoms with Gasteiger partial charge >= 0.3 is 0 Å². The molecule has 0 radical (unpaired) electrons. The van der Waals surface area contributed by atoms with Gasteiger partial charge < -0.3 is 19.8 Å². The minimum atomic E-state index is -0.211. The van der Waals surface area contributed by atoms with Crippen LogP contribution in [0, 0.1) is 5.92 Å². The summed E-state index contributed by atoms with van der Waals surface area (Å²) in [5.74, 6) is 0.281. The Morgan fingerprint density at radius 2 is 1.93 bits per heavy atom. The van der Waals surface area contributed by atoms with Crippen molar-refractivity contribution in [2.45, 2.75) is 20.5 Å². The Labute approximate surface area is 163 Å². The van der Waals surface area contributed by atoms with E-state index in [1.165, 1.54) is 0 Å². The average molecular weight is 380 g/mol. The fourth-order valence-electron chi connectivity index (χ4n) is 2.61. The second-order valence-corrected chi connectivity index (χ2v) is 6.72. The number of rotatable bonds is 8. The van der Waals surface area contributed by atoms with Crippen molar-refractivity contribution in [3.63, 3.8) is 0 Å². The van der Waals surface area contributed by atoms with E-state index in [2.05, 4.69) is 15.6 Å². The number of hydrogen-bond acceptors (Lipinski definition) is 4. The van der Waals surface area contributed by atoms with Crippen LogP contribution < -0.4 is 15.4 Å². The second kappa shape index (κ2) is 9.03. The van der Waals surface area contributed by atoms with E-state index in [1.54, 1.807) is 24.3 Å². The Bertz CT molecular complexity index is 932. The van der Waals surface area contributed by atoms with E-state index in [4.69, 9.17) is 4.74 Å². The van der Waals surface area contributed by atoms with E-state index in [-0.39, 0.29) is 17.7 Å². The van der Waals surface area contributed by atoms with Crippen LogP contribution in [0.25, 0.3) is 5.65 Å². The van der Waals surface area contributed by atoms with Crippen molar-refractivity contribution in [3.8, 4) is 5.75 Å². The average Bonchev–Trinajstić information content (AvgIpc) is 3.12. The maximum Gasteiger partial charge on any atom is 0.251 e. The number of amides is 2. The summed E-state index contributed by atoms with van der Waals surface area (Å²) in [5.41, 5.74) is 2.17. The number of imidazole rings is 1. The van der Waals surface area contributed by atoms with Crippen molar-refractivity contribution >= 4 is 17.5 Å². The number of hydrogen-bond donors (Lipinski definition) is 2. The van der Waals surface area contributed by atoms with Gasteiger partial charge in [-0.1, -0.05) is 26.0 Å². The third kappa shape index (κ3) is 5.09. The molecule has 2 heterocycles. The van der Waals surface area contributed by atoms with E-state index < -0.39 is 0 Å². The minimum absolute atomic E-state index is 0.0309. The number of aromatic nitrogens is 2. The summed E-state index contributed by atoms with van der Waals surface area (Å²) >= 11 is 0. The molecule has 3 rings (SSSR count). The fraction of sp³-hybridized carbons (Fsp3) is 0.286. The van der Waals surface area contributed by atoms with Crippen molar-refractivity contribution in [3.05, 3.63) is 66.1 Å². The molecule has 0 bridgehead atoms. The van der Waals surface area contributed by atoms with Crippen molar-refractivity contribution in [1.29, 1.82) is 0 Å². The predicted molar refractivity (Wildman–Crippen MR) is 106 cm³/mol. The molecular formula is C21H24N4O3. The van der Waals surface area contributed by atoms with Crippen molar-refractivity contribution < 1.29 is 14.3 Å². The van der Waals surface area contributed by atoms with Crippen molar-refractivity contribution in [2.24, 2.45) is 5.92 Å². The molecule has 2 aromatic heterocycles. The number of nitrogens with zero attached hydrogens (tertiary/aromatic N) is 2. The van der Waals surface area contributed by atoms with Crippen LogP contribution in [0.2, 0.25) is 0 Å². The summed E-state index contributed by atoms with van der Waals surface area (Å²) in [7, 11) is 0. The first-order valence-electron chi connectivity index (χ1n) is 9.24. The smallest absolute Gasteiger partial charge is 0.251 e. The van der Waals surface area contributed by atoms with Crippen LogP contribution in [-0.4, -0.2) is 34.3 Å². The molecule has 0 aliphatic rings. The van der Waals surface area contributed by atoms with E-state index in [1.807, 2.05) is 48.8 Å². The van der Waals surface area contributed by atoms with Gasteiger partial charge in [-0.05, 0) is 30.3 Å². The monoisotopic (exact) mass is 380 g/mol. The highest BCUT2D eigenvalue weighted by Gasteiger charge is 2.09. The third-order valence-electron chi connectivity index (χ3n) is 4.13. The first-order chi connectivity index (χ1) is 13.5. The van der Waals surface area contributed by atoms with Gasteiger partial charge in [0.05, 0.1) is 5.69 Å². The Balaban J connectivity index is 1.51. The molecule has 2 N–H and O–H groups in total. The molecule has 146 valence electrons. The van der Waals surface area contributed by atoms with Gasteiger partial charge in [0.1, 0.15) is 18.0 Å². The quantitative estimate of drug-likeness (QED) is 0.588. The molecule has 0 atom stereocenters. The summed E-state index contributed by atoms with van der Waals surface area (Å²) in [5, 5.41) is 5.55. The lowest BCUT2D eigenvalue weighted by Gasteiger charge is -2.10.